The number of carbonyl (C=O) groups excluding carboxylic acids is 1. The fourth-order valence-electron chi connectivity index (χ4n) is 4.08. The number of nitrogens with zero attached hydrogens (tertiary/aromatic N) is 6. The number of aromatic nitrogens is 2. The van der Waals surface area contributed by atoms with Gasteiger partial charge in [-0.1, -0.05) is 17.7 Å². The van der Waals surface area contributed by atoms with Gasteiger partial charge in [0, 0.05) is 64.0 Å². The summed E-state index contributed by atoms with van der Waals surface area (Å²) in [7, 11) is 2.15. The minimum absolute atomic E-state index is 0.128. The number of amides is 1. The number of rotatable bonds is 3. The van der Waals surface area contributed by atoms with Gasteiger partial charge in [-0.3, -0.25) is 4.79 Å². The van der Waals surface area contributed by atoms with E-state index in [-0.39, 0.29) is 5.91 Å². The normalized spacial score (nSPS) is 18.2. The summed E-state index contributed by atoms with van der Waals surface area (Å²) in [5.74, 6) is 2.08. The zero-order valence-electron chi connectivity index (χ0n) is 17.6. The zero-order chi connectivity index (χ0) is 20.4. The second-order valence-corrected chi connectivity index (χ2v) is 8.12. The molecule has 154 valence electrons. The zero-order valence-corrected chi connectivity index (χ0v) is 17.6. The number of piperazine rings is 2. The Morgan fingerprint density at radius 2 is 1.41 bits per heavy atom. The molecule has 2 fully saturated rings. The van der Waals surface area contributed by atoms with Crippen molar-refractivity contribution < 1.29 is 4.79 Å². The number of benzene rings is 1. The lowest BCUT2D eigenvalue weighted by atomic mass is 10.0. The molecule has 0 bridgehead atoms. The number of hydrogen-bond acceptors (Lipinski definition) is 6. The Morgan fingerprint density at radius 1 is 0.828 bits per heavy atom. The van der Waals surface area contributed by atoms with Gasteiger partial charge in [-0.25, -0.2) is 9.97 Å². The molecule has 0 N–H and O–H groups in total. The first-order valence-corrected chi connectivity index (χ1v) is 10.4. The third kappa shape index (κ3) is 4.34. The number of hydrogen-bond donors (Lipinski definition) is 0. The first-order valence-electron chi connectivity index (χ1n) is 10.4. The van der Waals surface area contributed by atoms with E-state index < -0.39 is 0 Å². The molecule has 4 rings (SSSR count). The van der Waals surface area contributed by atoms with Crippen LogP contribution in [-0.4, -0.2) is 85.1 Å². The highest BCUT2D eigenvalue weighted by molar-refractivity contribution is 5.95. The third-order valence-corrected chi connectivity index (χ3v) is 5.97. The lowest BCUT2D eigenvalue weighted by Crippen LogP contribution is -2.49. The van der Waals surface area contributed by atoms with Crippen molar-refractivity contribution in [2.45, 2.75) is 13.8 Å². The van der Waals surface area contributed by atoms with Crippen molar-refractivity contribution in [1.29, 1.82) is 0 Å². The van der Waals surface area contributed by atoms with Crippen LogP contribution in [0.2, 0.25) is 0 Å². The lowest BCUT2D eigenvalue weighted by Gasteiger charge is -2.36. The summed E-state index contributed by atoms with van der Waals surface area (Å²) < 4.78 is 0. The molecule has 0 spiro atoms. The Morgan fingerprint density at radius 3 is 2.00 bits per heavy atom. The summed E-state index contributed by atoms with van der Waals surface area (Å²) in [6.07, 6.45) is 1.66. The predicted molar refractivity (Wildman–Crippen MR) is 116 cm³/mol. The molecule has 0 aliphatic carbocycles. The molecule has 2 saturated heterocycles. The van der Waals surface area contributed by atoms with E-state index in [1.807, 2.05) is 24.0 Å². The smallest absolute Gasteiger partial charge is 0.254 e. The van der Waals surface area contributed by atoms with Gasteiger partial charge in [0.25, 0.3) is 5.91 Å². The first-order chi connectivity index (χ1) is 14.0. The highest BCUT2D eigenvalue weighted by atomic mass is 16.2. The Kier molecular flexibility index (Phi) is 5.67. The summed E-state index contributed by atoms with van der Waals surface area (Å²) in [6.45, 7) is 11.1. The Hall–Kier alpha value is -2.67. The average molecular weight is 395 g/mol. The molecule has 0 radical (unpaired) electrons. The van der Waals surface area contributed by atoms with E-state index >= 15 is 0 Å². The number of anilines is 2. The topological polar surface area (TPSA) is 55.8 Å². The average Bonchev–Trinajstić information content (AvgIpc) is 2.74. The standard InChI is InChI=1S/C22H30N6O/c1-17-4-5-19(18(2)14-17)22(29)28-12-10-27(11-13-28)21-15-20(23-16-24-21)26-8-6-25(3)7-9-26/h4-5,14-16H,6-13H2,1-3H3. The van der Waals surface area contributed by atoms with E-state index in [0.29, 0.717) is 13.1 Å². The van der Waals surface area contributed by atoms with Crippen LogP contribution in [0.15, 0.2) is 30.6 Å². The second-order valence-electron chi connectivity index (χ2n) is 8.12. The van der Waals surface area contributed by atoms with Gasteiger partial charge in [0.05, 0.1) is 0 Å². The van der Waals surface area contributed by atoms with Gasteiger partial charge in [0.15, 0.2) is 0 Å². The second kappa shape index (κ2) is 8.37. The monoisotopic (exact) mass is 394 g/mol. The third-order valence-electron chi connectivity index (χ3n) is 5.97. The SMILES string of the molecule is Cc1ccc(C(=O)N2CCN(c3cc(N4CCN(C)CC4)ncn3)CC2)c(C)c1. The van der Waals surface area contributed by atoms with Crippen molar-refractivity contribution in [3.8, 4) is 0 Å². The van der Waals surface area contributed by atoms with Crippen LogP contribution in [0, 0.1) is 13.8 Å². The summed E-state index contributed by atoms with van der Waals surface area (Å²) in [5, 5.41) is 0. The van der Waals surface area contributed by atoms with Gasteiger partial charge in [-0.15, -0.1) is 0 Å². The molecule has 0 unspecified atom stereocenters. The minimum Gasteiger partial charge on any atom is -0.354 e. The van der Waals surface area contributed by atoms with Crippen LogP contribution in [0.3, 0.4) is 0 Å². The van der Waals surface area contributed by atoms with Crippen molar-refractivity contribution in [1.82, 2.24) is 19.8 Å². The Bertz CT molecular complexity index is 869. The van der Waals surface area contributed by atoms with Crippen LogP contribution in [0.5, 0.6) is 0 Å². The molecule has 2 aliphatic heterocycles. The van der Waals surface area contributed by atoms with Crippen molar-refractivity contribution in [3.63, 3.8) is 0 Å². The lowest BCUT2D eigenvalue weighted by molar-refractivity contribution is 0.0746. The fourth-order valence-corrected chi connectivity index (χ4v) is 4.08. The number of carbonyl (C=O) groups is 1. The largest absolute Gasteiger partial charge is 0.354 e. The molecule has 1 aromatic heterocycles. The molecular weight excluding hydrogens is 364 g/mol. The van der Waals surface area contributed by atoms with Crippen molar-refractivity contribution >= 4 is 17.5 Å². The van der Waals surface area contributed by atoms with Crippen LogP contribution in [0.4, 0.5) is 11.6 Å². The molecule has 3 heterocycles. The van der Waals surface area contributed by atoms with Crippen molar-refractivity contribution in [3.05, 3.63) is 47.3 Å². The van der Waals surface area contributed by atoms with E-state index in [0.717, 1.165) is 62.0 Å². The fraction of sp³-hybridized carbons (Fsp3) is 0.500. The summed E-state index contributed by atoms with van der Waals surface area (Å²) >= 11 is 0. The van der Waals surface area contributed by atoms with E-state index in [1.165, 1.54) is 5.56 Å². The number of likely N-dealkylation sites (N-methyl/N-ethyl adjacent to an activating group) is 1. The van der Waals surface area contributed by atoms with Crippen LogP contribution < -0.4 is 9.80 Å². The van der Waals surface area contributed by atoms with Crippen LogP contribution in [0.25, 0.3) is 0 Å². The van der Waals surface area contributed by atoms with Crippen LogP contribution >= 0.6 is 0 Å². The van der Waals surface area contributed by atoms with E-state index in [1.54, 1.807) is 6.33 Å². The molecule has 0 atom stereocenters. The van der Waals surface area contributed by atoms with E-state index in [9.17, 15) is 4.79 Å². The van der Waals surface area contributed by atoms with Crippen molar-refractivity contribution in [2.24, 2.45) is 0 Å². The highest BCUT2D eigenvalue weighted by Crippen LogP contribution is 2.21. The van der Waals surface area contributed by atoms with Crippen molar-refractivity contribution in [2.75, 3.05) is 69.2 Å². The van der Waals surface area contributed by atoms with E-state index in [2.05, 4.69) is 50.8 Å². The van der Waals surface area contributed by atoms with Gasteiger partial charge in [-0.2, -0.15) is 0 Å². The van der Waals surface area contributed by atoms with Gasteiger partial charge in [0.2, 0.25) is 0 Å². The molecule has 2 aliphatic rings. The molecule has 0 saturated carbocycles. The number of aryl methyl sites for hydroxylation is 2. The Balaban J connectivity index is 1.39. The first kappa shape index (κ1) is 19.6. The molecule has 29 heavy (non-hydrogen) atoms. The summed E-state index contributed by atoms with van der Waals surface area (Å²) in [4.78, 5) is 30.8. The van der Waals surface area contributed by atoms with Crippen LogP contribution in [0.1, 0.15) is 21.5 Å². The van der Waals surface area contributed by atoms with Gasteiger partial charge in [0.1, 0.15) is 18.0 Å². The van der Waals surface area contributed by atoms with Gasteiger partial charge < -0.3 is 19.6 Å². The summed E-state index contributed by atoms with van der Waals surface area (Å²) in [5.41, 5.74) is 3.04. The maximum Gasteiger partial charge on any atom is 0.254 e. The molecule has 7 nitrogen and oxygen atoms in total. The molecule has 1 aromatic carbocycles. The molecule has 2 aromatic rings. The predicted octanol–water partition coefficient (Wildman–Crippen LogP) is 1.81. The quantitative estimate of drug-likeness (QED) is 0.791. The molecular formula is C22H30N6O. The maximum atomic E-state index is 12.9. The molecule has 7 heteroatoms. The Labute approximate surface area is 172 Å². The summed E-state index contributed by atoms with van der Waals surface area (Å²) in [6, 6.07) is 8.13. The van der Waals surface area contributed by atoms with Gasteiger partial charge in [-0.05, 0) is 32.5 Å². The molecule has 1 amide bonds. The highest BCUT2D eigenvalue weighted by Gasteiger charge is 2.24. The van der Waals surface area contributed by atoms with E-state index in [4.69, 9.17) is 0 Å². The maximum absolute atomic E-state index is 12.9. The van der Waals surface area contributed by atoms with Crippen LogP contribution in [-0.2, 0) is 0 Å². The minimum atomic E-state index is 0.128. The van der Waals surface area contributed by atoms with Gasteiger partial charge >= 0.3 is 0 Å².